The summed E-state index contributed by atoms with van der Waals surface area (Å²) in [6.07, 6.45) is 1.97. The van der Waals surface area contributed by atoms with Gasteiger partial charge in [0.15, 0.2) is 0 Å². The zero-order chi connectivity index (χ0) is 17.8. The molecule has 1 aromatic carbocycles. The van der Waals surface area contributed by atoms with Gasteiger partial charge in [-0.1, -0.05) is 17.7 Å². The first kappa shape index (κ1) is 17.8. The molecule has 4 nitrogen and oxygen atoms in total. The predicted octanol–water partition coefficient (Wildman–Crippen LogP) is 3.69. The zero-order valence-electron chi connectivity index (χ0n) is 15.1. The summed E-state index contributed by atoms with van der Waals surface area (Å²) in [7, 11) is 0. The minimum atomic E-state index is 0.467. The summed E-state index contributed by atoms with van der Waals surface area (Å²) in [5, 5.41) is 9.96. The van der Waals surface area contributed by atoms with Crippen LogP contribution in [0.5, 0.6) is 0 Å². The highest BCUT2D eigenvalue weighted by atomic mass is 32.2. The minimum Gasteiger partial charge on any atom is -0.366 e. The maximum Gasteiger partial charge on any atom is 0.114 e. The Kier molecular flexibility index (Phi) is 5.62. The van der Waals surface area contributed by atoms with Gasteiger partial charge in [-0.05, 0) is 44.4 Å². The molecule has 1 atom stereocenters. The summed E-state index contributed by atoms with van der Waals surface area (Å²) < 4.78 is 0. The van der Waals surface area contributed by atoms with E-state index in [9.17, 15) is 0 Å². The van der Waals surface area contributed by atoms with Crippen molar-refractivity contribution in [2.75, 3.05) is 30.8 Å². The van der Waals surface area contributed by atoms with E-state index in [1.807, 2.05) is 18.4 Å². The van der Waals surface area contributed by atoms with Crippen molar-refractivity contribution >= 4 is 17.4 Å². The molecule has 1 unspecified atom stereocenters. The molecule has 1 aliphatic rings. The highest BCUT2D eigenvalue weighted by Crippen LogP contribution is 2.23. The Bertz CT molecular complexity index is 766. The highest BCUT2D eigenvalue weighted by molar-refractivity contribution is 7.98. The lowest BCUT2D eigenvalue weighted by Crippen LogP contribution is -2.51. The van der Waals surface area contributed by atoms with Crippen LogP contribution in [0.2, 0.25) is 0 Å². The number of thioether (sulfide) groups is 1. The van der Waals surface area contributed by atoms with Crippen molar-refractivity contribution in [3.8, 4) is 6.07 Å². The smallest absolute Gasteiger partial charge is 0.114 e. The number of hydrogen-bond donors (Lipinski definition) is 0. The second kappa shape index (κ2) is 7.90. The monoisotopic (exact) mass is 352 g/mol. The summed E-state index contributed by atoms with van der Waals surface area (Å²) in [5.74, 6) is 0. The first-order valence-electron chi connectivity index (χ1n) is 8.60. The second-order valence-electron chi connectivity index (χ2n) is 6.58. The van der Waals surface area contributed by atoms with E-state index in [0.717, 1.165) is 36.9 Å². The Morgan fingerprint density at radius 2 is 1.96 bits per heavy atom. The first-order chi connectivity index (χ1) is 12.1. The molecule has 0 radical (unpaired) electrons. The van der Waals surface area contributed by atoms with Crippen molar-refractivity contribution in [1.29, 1.82) is 5.26 Å². The SMILES string of the molecule is CSc1nc(CN2CCN(c3ccc(C)cc3)C(C)C2)ccc1C#N. The fourth-order valence-electron chi connectivity index (χ4n) is 3.33. The van der Waals surface area contributed by atoms with Crippen molar-refractivity contribution < 1.29 is 0 Å². The number of pyridine rings is 1. The van der Waals surface area contributed by atoms with Gasteiger partial charge >= 0.3 is 0 Å². The number of hydrogen-bond acceptors (Lipinski definition) is 5. The van der Waals surface area contributed by atoms with Crippen LogP contribution in [0, 0.1) is 18.3 Å². The van der Waals surface area contributed by atoms with Gasteiger partial charge in [0.1, 0.15) is 11.1 Å². The molecule has 0 N–H and O–H groups in total. The van der Waals surface area contributed by atoms with Gasteiger partial charge in [-0.3, -0.25) is 4.90 Å². The van der Waals surface area contributed by atoms with E-state index in [2.05, 4.69) is 59.0 Å². The Morgan fingerprint density at radius 3 is 2.60 bits per heavy atom. The minimum absolute atomic E-state index is 0.467. The molecular formula is C20H24N4S. The van der Waals surface area contributed by atoms with Crippen LogP contribution in [0.3, 0.4) is 0 Å². The van der Waals surface area contributed by atoms with Gasteiger partial charge in [0.2, 0.25) is 0 Å². The predicted molar refractivity (Wildman–Crippen MR) is 104 cm³/mol. The maximum atomic E-state index is 9.13. The van der Waals surface area contributed by atoms with Crippen molar-refractivity contribution in [3.05, 3.63) is 53.2 Å². The van der Waals surface area contributed by atoms with Crippen LogP contribution in [0.1, 0.15) is 23.7 Å². The summed E-state index contributed by atoms with van der Waals surface area (Å²) in [6, 6.07) is 15.3. The molecule has 0 aliphatic carbocycles. The fraction of sp³-hybridized carbons (Fsp3) is 0.400. The molecule has 3 rings (SSSR count). The summed E-state index contributed by atoms with van der Waals surface area (Å²) >= 11 is 1.54. The van der Waals surface area contributed by atoms with Gasteiger partial charge in [-0.25, -0.2) is 4.98 Å². The first-order valence-corrected chi connectivity index (χ1v) is 9.83. The van der Waals surface area contributed by atoms with Crippen LogP contribution < -0.4 is 4.90 Å². The molecule has 25 heavy (non-hydrogen) atoms. The van der Waals surface area contributed by atoms with E-state index >= 15 is 0 Å². The number of nitrogens with zero attached hydrogens (tertiary/aromatic N) is 4. The number of aromatic nitrogens is 1. The lowest BCUT2D eigenvalue weighted by molar-refractivity contribution is 0.218. The van der Waals surface area contributed by atoms with Crippen LogP contribution in [0.25, 0.3) is 0 Å². The van der Waals surface area contributed by atoms with Crippen molar-refractivity contribution in [3.63, 3.8) is 0 Å². The molecule has 0 bridgehead atoms. The quantitative estimate of drug-likeness (QED) is 0.785. The second-order valence-corrected chi connectivity index (χ2v) is 7.38. The molecule has 130 valence electrons. The largest absolute Gasteiger partial charge is 0.366 e. The van der Waals surface area contributed by atoms with Crippen LogP contribution >= 0.6 is 11.8 Å². The molecule has 1 aromatic heterocycles. The normalized spacial score (nSPS) is 18.2. The van der Waals surface area contributed by atoms with E-state index in [4.69, 9.17) is 5.26 Å². The summed E-state index contributed by atoms with van der Waals surface area (Å²) in [6.45, 7) is 8.31. The number of piperazine rings is 1. The van der Waals surface area contributed by atoms with Crippen LogP contribution in [-0.2, 0) is 6.54 Å². The Hall–Kier alpha value is -2.03. The molecular weight excluding hydrogens is 328 g/mol. The molecule has 1 saturated heterocycles. The molecule has 1 aliphatic heterocycles. The van der Waals surface area contributed by atoms with Gasteiger partial charge < -0.3 is 4.90 Å². The lowest BCUT2D eigenvalue weighted by atomic mass is 10.1. The number of rotatable bonds is 4. The zero-order valence-corrected chi connectivity index (χ0v) is 15.9. The summed E-state index contributed by atoms with van der Waals surface area (Å²) in [5.41, 5.74) is 4.30. The van der Waals surface area contributed by atoms with Crippen LogP contribution in [0.15, 0.2) is 41.4 Å². The van der Waals surface area contributed by atoms with E-state index in [0.29, 0.717) is 11.6 Å². The number of nitriles is 1. The average Bonchev–Trinajstić information content (AvgIpc) is 2.63. The van der Waals surface area contributed by atoms with Gasteiger partial charge in [0.25, 0.3) is 0 Å². The molecule has 1 fully saturated rings. The van der Waals surface area contributed by atoms with Crippen molar-refractivity contribution in [1.82, 2.24) is 9.88 Å². The number of aryl methyl sites for hydroxylation is 1. The van der Waals surface area contributed by atoms with E-state index < -0.39 is 0 Å². The topological polar surface area (TPSA) is 43.2 Å². The van der Waals surface area contributed by atoms with E-state index in [1.165, 1.54) is 23.0 Å². The molecule has 0 saturated carbocycles. The third-order valence-electron chi connectivity index (χ3n) is 4.69. The standard InChI is InChI=1S/C20H24N4S/c1-15-4-8-19(9-5-15)24-11-10-23(13-16(24)2)14-18-7-6-17(12-21)20(22-18)25-3/h4-9,16H,10-11,13-14H2,1-3H3. The van der Waals surface area contributed by atoms with Gasteiger partial charge in [-0.15, -0.1) is 11.8 Å². The van der Waals surface area contributed by atoms with Crippen molar-refractivity contribution in [2.45, 2.75) is 31.5 Å². The van der Waals surface area contributed by atoms with Gasteiger partial charge in [0, 0.05) is 37.9 Å². The van der Waals surface area contributed by atoms with E-state index in [-0.39, 0.29) is 0 Å². The van der Waals surface area contributed by atoms with Gasteiger partial charge in [0.05, 0.1) is 11.3 Å². The lowest BCUT2D eigenvalue weighted by Gasteiger charge is -2.41. The van der Waals surface area contributed by atoms with Crippen molar-refractivity contribution in [2.24, 2.45) is 0 Å². The van der Waals surface area contributed by atoms with Crippen LogP contribution in [0.4, 0.5) is 5.69 Å². The Morgan fingerprint density at radius 1 is 1.20 bits per heavy atom. The van der Waals surface area contributed by atoms with Crippen LogP contribution in [-0.4, -0.2) is 41.8 Å². The fourth-order valence-corrected chi connectivity index (χ4v) is 3.88. The number of benzene rings is 1. The third-order valence-corrected chi connectivity index (χ3v) is 5.39. The Balaban J connectivity index is 1.65. The maximum absolute atomic E-state index is 9.13. The molecule has 5 heteroatoms. The van der Waals surface area contributed by atoms with Gasteiger partial charge in [-0.2, -0.15) is 5.26 Å². The summed E-state index contributed by atoms with van der Waals surface area (Å²) in [4.78, 5) is 9.59. The molecule has 0 amide bonds. The highest BCUT2D eigenvalue weighted by Gasteiger charge is 2.24. The molecule has 0 spiro atoms. The van der Waals surface area contributed by atoms with E-state index in [1.54, 1.807) is 0 Å². The molecule has 2 aromatic rings. The molecule has 2 heterocycles. The Labute approximate surface area is 154 Å². The number of anilines is 1. The third kappa shape index (κ3) is 4.15. The average molecular weight is 353 g/mol.